The third-order valence-electron chi connectivity index (χ3n) is 10.5. The topological polar surface area (TPSA) is 97.6 Å². The van der Waals surface area contributed by atoms with Crippen molar-refractivity contribution in [2.24, 2.45) is 11.8 Å². The monoisotopic (exact) mass is 630 g/mol. The Labute approximate surface area is 277 Å². The Morgan fingerprint density at radius 3 is 1.38 bits per heavy atom. The number of imide groups is 1. The van der Waals surface area contributed by atoms with E-state index in [4.69, 9.17) is 0 Å². The molecule has 2 bridgehead atoms. The van der Waals surface area contributed by atoms with Gasteiger partial charge in [0.1, 0.15) is 5.69 Å². The Balaban J connectivity index is 1.56. The van der Waals surface area contributed by atoms with Crippen molar-refractivity contribution in [3.05, 3.63) is 177 Å². The molecule has 0 N–H and O–H groups in total. The predicted molar refractivity (Wildman–Crippen MR) is 183 cm³/mol. The summed E-state index contributed by atoms with van der Waals surface area (Å²) in [5, 5.41) is 12.2. The number of benzene rings is 5. The van der Waals surface area contributed by atoms with Crippen molar-refractivity contribution in [2.45, 2.75) is 24.7 Å². The number of nitrogens with zero attached hydrogens (tertiary/aromatic N) is 2. The van der Waals surface area contributed by atoms with E-state index in [1.54, 1.807) is 6.07 Å². The average molecular weight is 631 g/mol. The molecule has 2 amide bonds. The van der Waals surface area contributed by atoms with E-state index in [0.717, 1.165) is 27.2 Å². The minimum absolute atomic E-state index is 0.0982. The van der Waals surface area contributed by atoms with E-state index < -0.39 is 39.4 Å². The lowest BCUT2D eigenvalue weighted by atomic mass is 9.59. The molecule has 1 saturated heterocycles. The fourth-order valence-electron chi connectivity index (χ4n) is 8.61. The standard InChI is InChI=1S/C41H30N2O5/c1-25-17-21-27(22-18-25)33-34(28-23-19-26(2)20-24-28)41(30-13-7-4-8-14-30)36-35(40(33,39(41)46)29-11-5-3-6-12-29)37(44)42(38(36)45)31-15-9-10-16-32(31)43(47)48/h3-24,35-36H,1-2H3/t35-,36+,40-,41-/m1/s1. The van der Waals surface area contributed by atoms with Crippen molar-refractivity contribution in [3.8, 4) is 0 Å². The lowest BCUT2D eigenvalue weighted by molar-refractivity contribution is -0.384. The molecule has 5 aromatic rings. The Kier molecular flexibility index (Phi) is 6.47. The smallest absolute Gasteiger partial charge is 0.293 e. The molecular weight excluding hydrogens is 600 g/mol. The van der Waals surface area contributed by atoms with E-state index in [-0.39, 0.29) is 17.2 Å². The quantitative estimate of drug-likeness (QED) is 0.111. The molecule has 48 heavy (non-hydrogen) atoms. The van der Waals surface area contributed by atoms with Crippen molar-refractivity contribution in [1.82, 2.24) is 0 Å². The first-order chi connectivity index (χ1) is 23.2. The molecule has 2 aliphatic carbocycles. The van der Waals surface area contributed by atoms with Crippen LogP contribution in [0, 0.1) is 35.8 Å². The zero-order valence-electron chi connectivity index (χ0n) is 26.3. The molecule has 7 nitrogen and oxygen atoms in total. The number of para-hydroxylation sites is 2. The second-order valence-corrected chi connectivity index (χ2v) is 12.9. The third-order valence-corrected chi connectivity index (χ3v) is 10.5. The van der Waals surface area contributed by atoms with Crippen molar-refractivity contribution in [2.75, 3.05) is 4.90 Å². The second-order valence-electron chi connectivity index (χ2n) is 12.9. The first kappa shape index (κ1) is 29.5. The predicted octanol–water partition coefficient (Wildman–Crippen LogP) is 7.40. The van der Waals surface area contributed by atoms with Crippen LogP contribution in [0.1, 0.15) is 33.4 Å². The van der Waals surface area contributed by atoms with Crippen LogP contribution in [-0.2, 0) is 25.2 Å². The van der Waals surface area contributed by atoms with Crippen molar-refractivity contribution >= 4 is 40.1 Å². The van der Waals surface area contributed by atoms with E-state index in [2.05, 4.69) is 0 Å². The Morgan fingerprint density at radius 2 is 0.958 bits per heavy atom. The van der Waals surface area contributed by atoms with Gasteiger partial charge in [0.25, 0.3) is 5.69 Å². The summed E-state index contributed by atoms with van der Waals surface area (Å²) < 4.78 is 0. The molecule has 0 aromatic heterocycles. The molecule has 8 rings (SSSR count). The SMILES string of the molecule is Cc1ccc(C2=C(c3ccc(C)cc3)[C@@]3(c4ccccc4)C(=O)[C@@]2(c2ccccc2)[C@@H]2C(=O)N(c4ccccc4[N+](=O)[O-])C(=O)[C@@H]23)cc1. The van der Waals surface area contributed by atoms with Crippen LogP contribution in [-0.4, -0.2) is 22.5 Å². The number of anilines is 1. The highest BCUT2D eigenvalue weighted by Crippen LogP contribution is 2.74. The summed E-state index contributed by atoms with van der Waals surface area (Å²) >= 11 is 0. The lowest BCUT2D eigenvalue weighted by Crippen LogP contribution is -2.45. The summed E-state index contributed by atoms with van der Waals surface area (Å²) in [4.78, 5) is 58.7. The molecular formula is C41H30N2O5. The van der Waals surface area contributed by atoms with Crippen LogP contribution in [0.4, 0.5) is 11.4 Å². The highest BCUT2D eigenvalue weighted by atomic mass is 16.6. The summed E-state index contributed by atoms with van der Waals surface area (Å²) in [6.07, 6.45) is 0. The van der Waals surface area contributed by atoms with Gasteiger partial charge < -0.3 is 0 Å². The average Bonchev–Trinajstić information content (AvgIpc) is 3.61. The van der Waals surface area contributed by atoms with Crippen molar-refractivity contribution in [1.29, 1.82) is 0 Å². The number of nitro benzene ring substituents is 1. The van der Waals surface area contributed by atoms with E-state index in [1.807, 2.05) is 123 Å². The van der Waals surface area contributed by atoms with Gasteiger partial charge in [-0.05, 0) is 53.3 Å². The zero-order chi connectivity index (χ0) is 33.4. The van der Waals surface area contributed by atoms with Crippen LogP contribution in [0.15, 0.2) is 133 Å². The van der Waals surface area contributed by atoms with Crippen LogP contribution in [0.25, 0.3) is 11.1 Å². The maximum absolute atomic E-state index is 16.0. The summed E-state index contributed by atoms with van der Waals surface area (Å²) in [5.74, 6) is -3.81. The van der Waals surface area contributed by atoms with E-state index >= 15 is 14.4 Å². The van der Waals surface area contributed by atoms with Crippen LogP contribution in [0.3, 0.4) is 0 Å². The number of Topliss-reactive ketones (excluding diaryl/α,β-unsaturated/α-hetero) is 1. The van der Waals surface area contributed by atoms with Gasteiger partial charge in [0, 0.05) is 6.07 Å². The van der Waals surface area contributed by atoms with Crippen molar-refractivity contribution in [3.63, 3.8) is 0 Å². The fourth-order valence-corrected chi connectivity index (χ4v) is 8.61. The largest absolute Gasteiger partial charge is 0.297 e. The molecule has 4 atom stereocenters. The third kappa shape index (κ3) is 3.67. The van der Waals surface area contributed by atoms with Gasteiger partial charge in [-0.25, -0.2) is 4.90 Å². The number of nitro groups is 1. The number of carbonyl (C=O) groups is 3. The van der Waals surface area contributed by atoms with Gasteiger partial charge in [-0.1, -0.05) is 132 Å². The van der Waals surface area contributed by atoms with Gasteiger partial charge in [0.2, 0.25) is 11.8 Å². The molecule has 0 spiro atoms. The van der Waals surface area contributed by atoms with Gasteiger partial charge in [0.15, 0.2) is 5.78 Å². The van der Waals surface area contributed by atoms with Crippen LogP contribution in [0.2, 0.25) is 0 Å². The molecule has 0 radical (unpaired) electrons. The number of ketones is 1. The summed E-state index contributed by atoms with van der Waals surface area (Å²) in [5.41, 5.74) is 2.56. The summed E-state index contributed by atoms with van der Waals surface area (Å²) in [6.45, 7) is 3.98. The molecule has 0 unspecified atom stereocenters. The molecule has 5 aromatic carbocycles. The fraction of sp³-hybridized carbons (Fsp3) is 0.146. The molecule has 1 heterocycles. The highest BCUT2D eigenvalue weighted by Gasteiger charge is 2.83. The number of rotatable bonds is 6. The highest BCUT2D eigenvalue weighted by molar-refractivity contribution is 6.39. The molecule has 7 heteroatoms. The van der Waals surface area contributed by atoms with Gasteiger partial charge in [-0.2, -0.15) is 0 Å². The number of amides is 2. The van der Waals surface area contributed by atoms with Gasteiger partial charge in [0.05, 0.1) is 27.6 Å². The van der Waals surface area contributed by atoms with E-state index in [9.17, 15) is 10.1 Å². The maximum Gasteiger partial charge on any atom is 0.293 e. The maximum atomic E-state index is 16.0. The zero-order valence-corrected chi connectivity index (χ0v) is 26.3. The van der Waals surface area contributed by atoms with Crippen LogP contribution >= 0.6 is 0 Å². The molecule has 2 fully saturated rings. The number of aryl methyl sites for hydroxylation is 2. The van der Waals surface area contributed by atoms with Crippen LogP contribution < -0.4 is 4.90 Å². The second kappa shape index (κ2) is 10.5. The Morgan fingerprint density at radius 1 is 0.562 bits per heavy atom. The van der Waals surface area contributed by atoms with Gasteiger partial charge in [-0.3, -0.25) is 24.5 Å². The number of fused-ring (bicyclic) bond motifs is 5. The first-order valence-electron chi connectivity index (χ1n) is 15.9. The van der Waals surface area contributed by atoms with Crippen LogP contribution in [0.5, 0.6) is 0 Å². The van der Waals surface area contributed by atoms with Gasteiger partial charge in [-0.15, -0.1) is 0 Å². The number of hydrogen-bond donors (Lipinski definition) is 0. The number of carbonyl (C=O) groups excluding carboxylic acids is 3. The van der Waals surface area contributed by atoms with Crippen molar-refractivity contribution < 1.29 is 19.3 Å². The molecule has 1 aliphatic heterocycles. The molecule has 234 valence electrons. The normalized spacial score (nSPS) is 24.4. The Hall–Kier alpha value is -5.95. The Bertz CT molecular complexity index is 2060. The molecule has 1 saturated carbocycles. The van der Waals surface area contributed by atoms with E-state index in [1.165, 1.54) is 18.2 Å². The first-order valence-corrected chi connectivity index (χ1v) is 15.9. The number of hydrogen-bond acceptors (Lipinski definition) is 5. The van der Waals surface area contributed by atoms with Gasteiger partial charge >= 0.3 is 0 Å². The lowest BCUT2D eigenvalue weighted by Gasteiger charge is -2.39. The summed E-state index contributed by atoms with van der Waals surface area (Å²) in [6, 6.07) is 40.1. The van der Waals surface area contributed by atoms with E-state index in [0.29, 0.717) is 22.3 Å². The minimum Gasteiger partial charge on any atom is -0.297 e. The number of allylic oxidation sites excluding steroid dienone is 2. The minimum atomic E-state index is -1.58. The molecule has 3 aliphatic rings. The summed E-state index contributed by atoms with van der Waals surface area (Å²) in [7, 11) is 0.